The molecule has 1 amide bonds. The van der Waals surface area contributed by atoms with Gasteiger partial charge in [0.15, 0.2) is 0 Å². The van der Waals surface area contributed by atoms with E-state index in [0.717, 1.165) is 18.2 Å². The maximum absolute atomic E-state index is 13.6. The summed E-state index contributed by atoms with van der Waals surface area (Å²) in [7, 11) is -4.52. The van der Waals surface area contributed by atoms with Crippen LogP contribution in [0.25, 0.3) is 0 Å². The third kappa shape index (κ3) is 5.60. The van der Waals surface area contributed by atoms with Gasteiger partial charge in [0.1, 0.15) is 18.2 Å². The average Bonchev–Trinajstić information content (AvgIpc) is 2.73. The predicted octanol–water partition coefficient (Wildman–Crippen LogP) is 4.54. The molecule has 162 valence electrons. The lowest BCUT2D eigenvalue weighted by atomic mass is 10.2. The molecular weight excluding hydrogens is 438 g/mol. The molecule has 0 aromatic heterocycles. The van der Waals surface area contributed by atoms with Crippen LogP contribution in [-0.4, -0.2) is 14.3 Å². The van der Waals surface area contributed by atoms with E-state index in [4.69, 9.17) is 4.74 Å². The fraction of sp³-hybridized carbons (Fsp3) is 0.0952. The first-order valence-corrected chi connectivity index (χ1v) is 10.3. The van der Waals surface area contributed by atoms with Crippen molar-refractivity contribution in [3.8, 4) is 5.75 Å². The molecule has 3 aromatic rings. The summed E-state index contributed by atoms with van der Waals surface area (Å²) in [6.45, 7) is -0.0534. The molecule has 1 N–H and O–H groups in total. The van der Waals surface area contributed by atoms with Gasteiger partial charge in [0.05, 0.1) is 10.5 Å². The second-order valence-electron chi connectivity index (χ2n) is 6.36. The summed E-state index contributed by atoms with van der Waals surface area (Å²) in [6.07, 6.45) is -4.73. The van der Waals surface area contributed by atoms with Crippen molar-refractivity contribution in [1.82, 2.24) is 4.72 Å². The summed E-state index contributed by atoms with van der Waals surface area (Å²) in [4.78, 5) is 11.6. The normalized spacial score (nSPS) is 11.7. The number of benzene rings is 3. The van der Waals surface area contributed by atoms with Crippen molar-refractivity contribution in [3.63, 3.8) is 0 Å². The van der Waals surface area contributed by atoms with E-state index < -0.39 is 38.4 Å². The number of amides is 1. The first-order chi connectivity index (χ1) is 14.6. The third-order valence-electron chi connectivity index (χ3n) is 4.17. The summed E-state index contributed by atoms with van der Waals surface area (Å²) in [5, 5.41) is 0. The van der Waals surface area contributed by atoms with E-state index in [2.05, 4.69) is 0 Å². The van der Waals surface area contributed by atoms with Gasteiger partial charge in [-0.25, -0.2) is 17.5 Å². The maximum atomic E-state index is 13.6. The highest BCUT2D eigenvalue weighted by atomic mass is 32.2. The van der Waals surface area contributed by atoms with Crippen LogP contribution in [0.1, 0.15) is 21.5 Å². The third-order valence-corrected chi connectivity index (χ3v) is 5.50. The molecule has 0 unspecified atom stereocenters. The molecule has 0 bridgehead atoms. The minimum atomic E-state index is -4.73. The van der Waals surface area contributed by atoms with Gasteiger partial charge < -0.3 is 4.74 Å². The minimum Gasteiger partial charge on any atom is -0.489 e. The van der Waals surface area contributed by atoms with Gasteiger partial charge in [-0.1, -0.05) is 24.3 Å². The summed E-state index contributed by atoms with van der Waals surface area (Å²) in [5.41, 5.74) is -0.885. The van der Waals surface area contributed by atoms with E-state index in [1.807, 2.05) is 0 Å². The molecule has 3 aromatic carbocycles. The van der Waals surface area contributed by atoms with Gasteiger partial charge in [0, 0.05) is 11.1 Å². The zero-order valence-corrected chi connectivity index (χ0v) is 16.5. The lowest BCUT2D eigenvalue weighted by Crippen LogP contribution is -2.30. The molecule has 0 saturated carbocycles. The Balaban J connectivity index is 1.68. The van der Waals surface area contributed by atoms with E-state index in [1.54, 1.807) is 22.9 Å². The lowest BCUT2D eigenvalue weighted by molar-refractivity contribution is -0.137. The summed E-state index contributed by atoms with van der Waals surface area (Å²) in [6, 6.07) is 14.4. The Morgan fingerprint density at radius 3 is 2.26 bits per heavy atom. The quantitative estimate of drug-likeness (QED) is 0.557. The van der Waals surface area contributed by atoms with Crippen molar-refractivity contribution >= 4 is 15.9 Å². The molecule has 3 rings (SSSR count). The van der Waals surface area contributed by atoms with Gasteiger partial charge in [-0.15, -0.1) is 0 Å². The number of hydrogen-bond acceptors (Lipinski definition) is 4. The second kappa shape index (κ2) is 8.76. The number of ether oxygens (including phenoxy) is 1. The van der Waals surface area contributed by atoms with Crippen LogP contribution in [0.15, 0.2) is 77.7 Å². The molecule has 0 aliphatic heterocycles. The Kier molecular flexibility index (Phi) is 6.30. The van der Waals surface area contributed by atoms with Crippen LogP contribution in [0, 0.1) is 5.82 Å². The number of alkyl halides is 3. The van der Waals surface area contributed by atoms with Crippen LogP contribution < -0.4 is 9.46 Å². The topological polar surface area (TPSA) is 72.5 Å². The van der Waals surface area contributed by atoms with Crippen LogP contribution in [0.3, 0.4) is 0 Å². The fourth-order valence-electron chi connectivity index (χ4n) is 2.56. The molecule has 0 heterocycles. The van der Waals surface area contributed by atoms with E-state index in [-0.39, 0.29) is 12.2 Å². The Morgan fingerprint density at radius 1 is 0.935 bits per heavy atom. The van der Waals surface area contributed by atoms with Gasteiger partial charge >= 0.3 is 6.18 Å². The Hall–Kier alpha value is -3.40. The molecule has 5 nitrogen and oxygen atoms in total. The molecule has 0 fully saturated rings. The minimum absolute atomic E-state index is 0.0534. The molecule has 0 spiro atoms. The largest absolute Gasteiger partial charge is 0.489 e. The number of rotatable bonds is 6. The van der Waals surface area contributed by atoms with Crippen LogP contribution in [-0.2, 0) is 22.8 Å². The Labute approximate surface area is 175 Å². The zero-order chi connectivity index (χ0) is 22.6. The Bertz CT molecular complexity index is 1190. The number of nitrogens with one attached hydrogen (secondary N) is 1. The summed E-state index contributed by atoms with van der Waals surface area (Å²) < 4.78 is 83.7. The lowest BCUT2D eigenvalue weighted by Gasteiger charge is -2.11. The molecule has 0 aliphatic carbocycles. The van der Waals surface area contributed by atoms with Crippen LogP contribution in [0.4, 0.5) is 17.6 Å². The van der Waals surface area contributed by atoms with Crippen LogP contribution in [0.5, 0.6) is 5.75 Å². The van der Waals surface area contributed by atoms with E-state index in [1.165, 1.54) is 30.3 Å². The van der Waals surface area contributed by atoms with Crippen LogP contribution in [0.2, 0.25) is 0 Å². The van der Waals surface area contributed by atoms with Gasteiger partial charge in [0.2, 0.25) is 0 Å². The van der Waals surface area contributed by atoms with Crippen LogP contribution >= 0.6 is 0 Å². The second-order valence-corrected chi connectivity index (χ2v) is 8.05. The van der Waals surface area contributed by atoms with Gasteiger partial charge in [-0.3, -0.25) is 4.79 Å². The monoisotopic (exact) mass is 453 g/mol. The molecule has 0 saturated heterocycles. The molecule has 0 radical (unpaired) electrons. The molecule has 31 heavy (non-hydrogen) atoms. The maximum Gasteiger partial charge on any atom is 0.416 e. The molecule has 10 heteroatoms. The highest BCUT2D eigenvalue weighted by Gasteiger charge is 2.32. The number of carbonyl (C=O) groups excluding carboxylic acids is 1. The Morgan fingerprint density at radius 2 is 1.61 bits per heavy atom. The van der Waals surface area contributed by atoms with Gasteiger partial charge in [0.25, 0.3) is 15.9 Å². The van der Waals surface area contributed by atoms with Crippen molar-refractivity contribution in [1.29, 1.82) is 0 Å². The molecule has 0 atom stereocenters. The first kappa shape index (κ1) is 22.3. The molecular formula is C21H15F4NO4S. The van der Waals surface area contributed by atoms with Crippen molar-refractivity contribution in [2.75, 3.05) is 0 Å². The zero-order valence-electron chi connectivity index (χ0n) is 15.7. The number of sulfonamides is 1. The summed E-state index contributed by atoms with van der Waals surface area (Å²) >= 11 is 0. The van der Waals surface area contributed by atoms with Crippen molar-refractivity contribution in [2.45, 2.75) is 17.7 Å². The number of carbonyl (C=O) groups is 1. The summed E-state index contributed by atoms with van der Waals surface area (Å²) in [5.74, 6) is -1.16. The van der Waals surface area contributed by atoms with Gasteiger partial charge in [-0.2, -0.15) is 13.2 Å². The number of halogens is 4. The first-order valence-electron chi connectivity index (χ1n) is 8.77. The SMILES string of the molecule is O=C(NS(=O)(=O)c1cccc(C(F)(F)F)c1)c1ccc(OCc2ccccc2F)cc1. The van der Waals surface area contributed by atoms with Crippen molar-refractivity contribution in [2.24, 2.45) is 0 Å². The highest BCUT2D eigenvalue weighted by molar-refractivity contribution is 7.90. The highest BCUT2D eigenvalue weighted by Crippen LogP contribution is 2.30. The molecule has 0 aliphatic rings. The smallest absolute Gasteiger partial charge is 0.416 e. The average molecular weight is 453 g/mol. The van der Waals surface area contributed by atoms with E-state index in [0.29, 0.717) is 17.4 Å². The van der Waals surface area contributed by atoms with E-state index >= 15 is 0 Å². The predicted molar refractivity (Wildman–Crippen MR) is 103 cm³/mol. The van der Waals surface area contributed by atoms with Crippen molar-refractivity contribution < 1.29 is 35.5 Å². The standard InChI is InChI=1S/C21H15F4NO4S/c22-19-7-2-1-4-15(19)13-30-17-10-8-14(9-11-17)20(27)26-31(28,29)18-6-3-5-16(12-18)21(23,24)25/h1-12H,13H2,(H,26,27). The fourth-order valence-corrected chi connectivity index (χ4v) is 3.58. The number of hydrogen-bond donors (Lipinski definition) is 1. The van der Waals surface area contributed by atoms with E-state index in [9.17, 15) is 30.8 Å². The van der Waals surface area contributed by atoms with Crippen molar-refractivity contribution in [3.05, 3.63) is 95.3 Å². The van der Waals surface area contributed by atoms with Gasteiger partial charge in [-0.05, 0) is 48.5 Å².